The first-order valence-corrected chi connectivity index (χ1v) is 5.81. The lowest BCUT2D eigenvalue weighted by molar-refractivity contribution is -0.138. The summed E-state index contributed by atoms with van der Waals surface area (Å²) in [7, 11) is 0. The zero-order valence-electron chi connectivity index (χ0n) is 10.3. The van der Waals surface area contributed by atoms with E-state index in [1.807, 2.05) is 0 Å². The van der Waals surface area contributed by atoms with Gasteiger partial charge in [0.2, 0.25) is 0 Å². The van der Waals surface area contributed by atoms with Gasteiger partial charge in [-0.2, -0.15) is 0 Å². The van der Waals surface area contributed by atoms with Crippen LogP contribution in [0.25, 0.3) is 0 Å². The fraction of sp³-hybridized carbons (Fsp3) is 0.333. The van der Waals surface area contributed by atoms with E-state index >= 15 is 0 Å². The van der Waals surface area contributed by atoms with Gasteiger partial charge in [0.05, 0.1) is 5.69 Å². The molecule has 19 heavy (non-hydrogen) atoms. The maximum atomic E-state index is 11.5. The minimum atomic E-state index is -1.07. The number of fused-ring (bicyclic) bond motifs is 1. The summed E-state index contributed by atoms with van der Waals surface area (Å²) < 4.78 is 5.40. The van der Waals surface area contributed by atoms with Gasteiger partial charge in [0.1, 0.15) is 11.8 Å². The standard InChI is InChI=1S/C12H15N3O4/c1-6-11(16)15-9-4-7(2-3-10(9)19-6)14-5-8(13)12(17)18/h2-4,6,8,14H,5,13H2,1H3,(H,15,16)(H,17,18). The van der Waals surface area contributed by atoms with Gasteiger partial charge in [-0.1, -0.05) is 0 Å². The number of ether oxygens (including phenoxy) is 1. The van der Waals surface area contributed by atoms with Crippen LogP contribution in [-0.4, -0.2) is 35.7 Å². The molecule has 1 aliphatic rings. The van der Waals surface area contributed by atoms with Crippen LogP contribution in [0.15, 0.2) is 18.2 Å². The first kappa shape index (κ1) is 13.2. The number of benzene rings is 1. The van der Waals surface area contributed by atoms with Crippen molar-refractivity contribution in [3.63, 3.8) is 0 Å². The Labute approximate surface area is 109 Å². The highest BCUT2D eigenvalue weighted by atomic mass is 16.5. The van der Waals surface area contributed by atoms with E-state index in [1.165, 1.54) is 0 Å². The van der Waals surface area contributed by atoms with Gasteiger partial charge >= 0.3 is 5.97 Å². The van der Waals surface area contributed by atoms with Gasteiger partial charge in [-0.05, 0) is 25.1 Å². The number of amides is 1. The first-order valence-electron chi connectivity index (χ1n) is 5.81. The molecule has 1 aromatic rings. The fourth-order valence-electron chi connectivity index (χ4n) is 1.63. The number of hydrogen-bond donors (Lipinski definition) is 4. The molecule has 0 saturated carbocycles. The van der Waals surface area contributed by atoms with Gasteiger partial charge < -0.3 is 26.2 Å². The molecule has 0 aromatic heterocycles. The van der Waals surface area contributed by atoms with Gasteiger partial charge in [-0.3, -0.25) is 9.59 Å². The second kappa shape index (κ2) is 5.15. The summed E-state index contributed by atoms with van der Waals surface area (Å²) >= 11 is 0. The van der Waals surface area contributed by atoms with Crippen molar-refractivity contribution in [1.82, 2.24) is 0 Å². The van der Waals surface area contributed by atoms with Gasteiger partial charge in [-0.15, -0.1) is 0 Å². The highest BCUT2D eigenvalue weighted by molar-refractivity contribution is 5.98. The molecular formula is C12H15N3O4. The summed E-state index contributed by atoms with van der Waals surface area (Å²) in [5.41, 5.74) is 6.60. The minimum absolute atomic E-state index is 0.0966. The molecule has 0 fully saturated rings. The molecule has 1 heterocycles. The molecule has 102 valence electrons. The van der Waals surface area contributed by atoms with Crippen molar-refractivity contribution in [2.45, 2.75) is 19.1 Å². The van der Waals surface area contributed by atoms with Crippen LogP contribution >= 0.6 is 0 Å². The Kier molecular flexibility index (Phi) is 3.57. The quantitative estimate of drug-likeness (QED) is 0.619. The van der Waals surface area contributed by atoms with E-state index in [2.05, 4.69) is 10.6 Å². The molecular weight excluding hydrogens is 250 g/mol. The summed E-state index contributed by atoms with van der Waals surface area (Å²) in [5.74, 6) is -0.706. The van der Waals surface area contributed by atoms with Gasteiger partial charge in [0.15, 0.2) is 6.10 Å². The van der Waals surface area contributed by atoms with E-state index in [-0.39, 0.29) is 12.5 Å². The fourth-order valence-corrected chi connectivity index (χ4v) is 1.63. The summed E-state index contributed by atoms with van der Waals surface area (Å²) in [5, 5.41) is 14.3. The van der Waals surface area contributed by atoms with Crippen molar-refractivity contribution in [2.24, 2.45) is 5.73 Å². The van der Waals surface area contributed by atoms with E-state index in [1.54, 1.807) is 25.1 Å². The minimum Gasteiger partial charge on any atom is -0.480 e. The highest BCUT2D eigenvalue weighted by Crippen LogP contribution is 2.31. The first-order chi connectivity index (χ1) is 8.97. The molecule has 0 bridgehead atoms. The zero-order chi connectivity index (χ0) is 14.0. The summed E-state index contributed by atoms with van der Waals surface area (Å²) in [6.07, 6.45) is -0.522. The third kappa shape index (κ3) is 2.94. The van der Waals surface area contributed by atoms with Crippen LogP contribution < -0.4 is 21.1 Å². The topological polar surface area (TPSA) is 114 Å². The number of carbonyl (C=O) groups excluding carboxylic acids is 1. The van der Waals surface area contributed by atoms with E-state index in [4.69, 9.17) is 15.6 Å². The molecule has 5 N–H and O–H groups in total. The Balaban J connectivity index is 2.07. The Morgan fingerprint density at radius 3 is 3.05 bits per heavy atom. The van der Waals surface area contributed by atoms with Crippen molar-refractivity contribution in [3.05, 3.63) is 18.2 Å². The van der Waals surface area contributed by atoms with Gasteiger partial charge in [0.25, 0.3) is 5.91 Å². The summed E-state index contributed by atoms with van der Waals surface area (Å²) in [4.78, 5) is 22.1. The van der Waals surface area contributed by atoms with E-state index < -0.39 is 18.1 Å². The number of nitrogens with two attached hydrogens (primary N) is 1. The van der Waals surface area contributed by atoms with E-state index in [0.717, 1.165) is 0 Å². The molecule has 2 rings (SSSR count). The number of hydrogen-bond acceptors (Lipinski definition) is 5. The number of carboxylic acids is 1. The van der Waals surface area contributed by atoms with Crippen LogP contribution in [0.3, 0.4) is 0 Å². The second-order valence-electron chi connectivity index (χ2n) is 4.29. The number of nitrogens with one attached hydrogen (secondary N) is 2. The molecule has 1 amide bonds. The molecule has 0 aliphatic carbocycles. The molecule has 7 nitrogen and oxygen atoms in total. The third-order valence-electron chi connectivity index (χ3n) is 2.75. The van der Waals surface area contributed by atoms with E-state index in [9.17, 15) is 9.59 Å². The van der Waals surface area contributed by atoms with Crippen molar-refractivity contribution >= 4 is 23.3 Å². The van der Waals surface area contributed by atoms with Crippen LogP contribution in [0.5, 0.6) is 5.75 Å². The average Bonchev–Trinajstić information content (AvgIpc) is 2.37. The zero-order valence-corrected chi connectivity index (χ0v) is 10.3. The number of carboxylic acid groups (broad SMARTS) is 1. The monoisotopic (exact) mass is 265 g/mol. The van der Waals surface area contributed by atoms with E-state index in [0.29, 0.717) is 17.1 Å². The number of rotatable bonds is 4. The molecule has 1 aromatic carbocycles. The Hall–Kier alpha value is -2.28. The smallest absolute Gasteiger partial charge is 0.322 e. The van der Waals surface area contributed by atoms with Crippen molar-refractivity contribution in [1.29, 1.82) is 0 Å². The Morgan fingerprint density at radius 1 is 1.63 bits per heavy atom. The van der Waals surface area contributed by atoms with Crippen LogP contribution in [0.2, 0.25) is 0 Å². The predicted octanol–water partition coefficient (Wildman–Crippen LogP) is 0.230. The molecule has 0 saturated heterocycles. The van der Waals surface area contributed by atoms with Crippen LogP contribution in [0.4, 0.5) is 11.4 Å². The van der Waals surface area contributed by atoms with Gasteiger partial charge in [0, 0.05) is 12.2 Å². The van der Waals surface area contributed by atoms with Crippen molar-refractivity contribution in [3.8, 4) is 5.75 Å². The van der Waals surface area contributed by atoms with Crippen LogP contribution in [0.1, 0.15) is 6.92 Å². The maximum Gasteiger partial charge on any atom is 0.322 e. The van der Waals surface area contributed by atoms with Gasteiger partial charge in [-0.25, -0.2) is 0 Å². The normalized spacial score (nSPS) is 18.8. The Bertz CT molecular complexity index is 518. The van der Waals surface area contributed by atoms with Crippen LogP contribution in [0, 0.1) is 0 Å². The molecule has 2 atom stereocenters. The Morgan fingerprint density at radius 2 is 2.37 bits per heavy atom. The molecule has 7 heteroatoms. The lowest BCUT2D eigenvalue weighted by Crippen LogP contribution is -2.37. The molecule has 1 aliphatic heterocycles. The second-order valence-corrected chi connectivity index (χ2v) is 4.29. The lowest BCUT2D eigenvalue weighted by Gasteiger charge is -2.24. The third-order valence-corrected chi connectivity index (χ3v) is 2.75. The largest absolute Gasteiger partial charge is 0.480 e. The van der Waals surface area contributed by atoms with Crippen molar-refractivity contribution in [2.75, 3.05) is 17.2 Å². The highest BCUT2D eigenvalue weighted by Gasteiger charge is 2.23. The predicted molar refractivity (Wildman–Crippen MR) is 69.3 cm³/mol. The number of carbonyl (C=O) groups is 2. The average molecular weight is 265 g/mol. The van der Waals surface area contributed by atoms with Crippen molar-refractivity contribution < 1.29 is 19.4 Å². The SMILES string of the molecule is CC1Oc2ccc(NCC(N)C(=O)O)cc2NC1=O. The lowest BCUT2D eigenvalue weighted by atomic mass is 10.2. The molecule has 0 spiro atoms. The molecule has 0 radical (unpaired) electrons. The summed E-state index contributed by atoms with van der Waals surface area (Å²) in [6, 6.07) is 4.13. The number of anilines is 2. The number of aliphatic carboxylic acids is 1. The maximum absolute atomic E-state index is 11.5. The summed E-state index contributed by atoms with van der Waals surface area (Å²) in [6.45, 7) is 1.76. The van der Waals surface area contributed by atoms with Crippen LogP contribution in [-0.2, 0) is 9.59 Å². The molecule has 2 unspecified atom stereocenters.